The van der Waals surface area contributed by atoms with E-state index in [0.717, 1.165) is 10.4 Å². The molecule has 1 aromatic carbocycles. The summed E-state index contributed by atoms with van der Waals surface area (Å²) in [5.41, 5.74) is 0.596. The molecule has 1 N–H and O–H groups in total. The average Bonchev–Trinajstić information content (AvgIpc) is 3.26. The highest BCUT2D eigenvalue weighted by Crippen LogP contribution is 2.21. The summed E-state index contributed by atoms with van der Waals surface area (Å²) in [7, 11) is -2.56. The van der Waals surface area contributed by atoms with Gasteiger partial charge >= 0.3 is 0 Å². The lowest BCUT2D eigenvalue weighted by molar-refractivity contribution is -0.136. The molecule has 188 valence electrons. The second kappa shape index (κ2) is 11.3. The van der Waals surface area contributed by atoms with E-state index in [0.29, 0.717) is 18.7 Å². The summed E-state index contributed by atoms with van der Waals surface area (Å²) >= 11 is 0. The number of ether oxygens (including phenoxy) is 1. The number of amides is 1. The van der Waals surface area contributed by atoms with Crippen LogP contribution in [0.4, 0.5) is 4.39 Å². The Labute approximate surface area is 199 Å². The zero-order chi connectivity index (χ0) is 24.9. The summed E-state index contributed by atoms with van der Waals surface area (Å²) < 4.78 is 48.6. The molecule has 0 saturated carbocycles. The minimum absolute atomic E-state index is 0.0241. The lowest BCUT2D eigenvalue weighted by Crippen LogP contribution is -2.47. The number of aromatic nitrogens is 3. The second-order valence-corrected chi connectivity index (χ2v) is 10.8. The quantitative estimate of drug-likeness (QED) is 0.638. The smallest absolute Gasteiger partial charge is 0.243 e. The maximum atomic E-state index is 13.6. The Kier molecular flexibility index (Phi) is 8.74. The minimum atomic E-state index is -3.97. The lowest BCUT2D eigenvalue weighted by atomic mass is 10.0. The first kappa shape index (κ1) is 26.2. The highest BCUT2D eigenvalue weighted by molar-refractivity contribution is 7.89. The van der Waals surface area contributed by atoms with Crippen LogP contribution < -0.4 is 0 Å². The van der Waals surface area contributed by atoms with Crippen molar-refractivity contribution >= 4 is 15.9 Å². The van der Waals surface area contributed by atoms with Crippen LogP contribution in [0.25, 0.3) is 0 Å². The maximum Gasteiger partial charge on any atom is 0.243 e. The molecule has 2 aromatic rings. The van der Waals surface area contributed by atoms with Crippen LogP contribution in [0, 0.1) is 11.7 Å². The molecule has 1 aromatic heterocycles. The fourth-order valence-electron chi connectivity index (χ4n) is 3.85. The van der Waals surface area contributed by atoms with Crippen molar-refractivity contribution in [2.75, 3.05) is 26.7 Å². The van der Waals surface area contributed by atoms with E-state index in [4.69, 9.17) is 4.74 Å². The van der Waals surface area contributed by atoms with Crippen molar-refractivity contribution in [3.63, 3.8) is 0 Å². The summed E-state index contributed by atoms with van der Waals surface area (Å²) in [5, 5.41) is 17.8. The number of aryl methyl sites for hydroxylation is 1. The molecule has 2 heterocycles. The van der Waals surface area contributed by atoms with Gasteiger partial charge in [-0.1, -0.05) is 18.2 Å². The fourth-order valence-corrected chi connectivity index (χ4v) is 5.07. The summed E-state index contributed by atoms with van der Waals surface area (Å²) in [6.45, 7) is 4.34. The number of benzene rings is 1. The predicted octanol–water partition coefficient (Wildman–Crippen LogP) is 1.26. The minimum Gasteiger partial charge on any atom is -0.394 e. The number of rotatable bonds is 6. The Morgan fingerprint density at radius 3 is 2.85 bits per heavy atom. The lowest BCUT2D eigenvalue weighted by Gasteiger charge is -2.35. The molecule has 1 aliphatic heterocycles. The first-order valence-electron chi connectivity index (χ1n) is 11.2. The van der Waals surface area contributed by atoms with Crippen LogP contribution in [0.2, 0.25) is 0 Å². The Morgan fingerprint density at radius 1 is 1.38 bits per heavy atom. The topological polar surface area (TPSA) is 118 Å². The van der Waals surface area contributed by atoms with Gasteiger partial charge in [-0.05, 0) is 31.5 Å². The summed E-state index contributed by atoms with van der Waals surface area (Å²) in [6, 6.07) is 4.44. The van der Waals surface area contributed by atoms with E-state index < -0.39 is 28.0 Å². The zero-order valence-electron chi connectivity index (χ0n) is 19.7. The predicted molar refractivity (Wildman–Crippen MR) is 121 cm³/mol. The van der Waals surface area contributed by atoms with Crippen LogP contribution in [-0.2, 0) is 32.7 Å². The third-order valence-corrected chi connectivity index (χ3v) is 7.81. The van der Waals surface area contributed by atoms with E-state index >= 15 is 0 Å². The first-order chi connectivity index (χ1) is 16.1. The van der Waals surface area contributed by atoms with Gasteiger partial charge in [0.25, 0.3) is 0 Å². The van der Waals surface area contributed by atoms with Gasteiger partial charge < -0.3 is 14.7 Å². The fraction of sp³-hybridized carbons (Fsp3) is 0.591. The van der Waals surface area contributed by atoms with Crippen molar-refractivity contribution in [1.29, 1.82) is 0 Å². The maximum absolute atomic E-state index is 13.6. The average molecular weight is 498 g/mol. The number of carbonyl (C=O) groups is 1. The zero-order valence-corrected chi connectivity index (χ0v) is 20.5. The van der Waals surface area contributed by atoms with Gasteiger partial charge in [0, 0.05) is 39.0 Å². The number of aliphatic hydroxyl groups excluding tert-OH is 1. The monoisotopic (exact) mass is 497 g/mol. The van der Waals surface area contributed by atoms with Gasteiger partial charge in [0.1, 0.15) is 11.5 Å². The van der Waals surface area contributed by atoms with Crippen LogP contribution in [0.1, 0.15) is 32.4 Å². The van der Waals surface area contributed by atoms with Crippen molar-refractivity contribution in [1.82, 2.24) is 24.2 Å². The van der Waals surface area contributed by atoms with Crippen molar-refractivity contribution in [2.45, 2.75) is 56.9 Å². The molecule has 0 fully saturated rings. The van der Waals surface area contributed by atoms with E-state index in [1.807, 2.05) is 6.92 Å². The number of likely N-dealkylation sites (N-methyl/N-ethyl adjacent to an activating group) is 1. The van der Waals surface area contributed by atoms with Crippen LogP contribution in [-0.4, -0.2) is 82.5 Å². The molecule has 0 radical (unpaired) electrons. The molecule has 0 aliphatic carbocycles. The molecule has 3 atom stereocenters. The molecule has 3 rings (SSSR count). The number of hydrogen-bond donors (Lipinski definition) is 1. The largest absolute Gasteiger partial charge is 0.394 e. The van der Waals surface area contributed by atoms with Crippen molar-refractivity contribution in [3.05, 3.63) is 42.0 Å². The number of carbonyl (C=O) groups excluding carboxylic acids is 1. The van der Waals surface area contributed by atoms with Gasteiger partial charge in [-0.25, -0.2) is 12.8 Å². The van der Waals surface area contributed by atoms with E-state index in [9.17, 15) is 22.7 Å². The summed E-state index contributed by atoms with van der Waals surface area (Å²) in [5.74, 6) is -1.03. The number of halogens is 1. The molecule has 0 saturated heterocycles. The number of sulfonamides is 1. The van der Waals surface area contributed by atoms with Gasteiger partial charge in [0.15, 0.2) is 0 Å². The van der Waals surface area contributed by atoms with E-state index in [2.05, 4.69) is 10.3 Å². The third-order valence-electron chi connectivity index (χ3n) is 5.99. The molecule has 10 nitrogen and oxygen atoms in total. The molecule has 1 aliphatic rings. The molecular weight excluding hydrogens is 465 g/mol. The number of nitrogens with zero attached hydrogens (tertiary/aromatic N) is 5. The van der Waals surface area contributed by atoms with Crippen LogP contribution >= 0.6 is 0 Å². The highest BCUT2D eigenvalue weighted by atomic mass is 32.2. The summed E-state index contributed by atoms with van der Waals surface area (Å²) in [4.78, 5) is 14.4. The number of aliphatic hydroxyl groups is 1. The number of hydrogen-bond acceptors (Lipinski definition) is 7. The Bertz CT molecular complexity index is 1080. The SMILES string of the molecule is C[C@H]1CN([C@@H](C)CO)C(=O)CCCn2cc(nn2)CO[C@@H]1CN(C)S(=O)(=O)c1cccc(F)c1. The molecular formula is C22H32FN5O5S. The van der Waals surface area contributed by atoms with Crippen molar-refractivity contribution in [2.24, 2.45) is 5.92 Å². The summed E-state index contributed by atoms with van der Waals surface area (Å²) in [6.07, 6.45) is 1.99. The van der Waals surface area contributed by atoms with Crippen molar-refractivity contribution in [3.8, 4) is 0 Å². The first-order valence-corrected chi connectivity index (χ1v) is 12.7. The normalized spacial score (nSPS) is 21.6. The van der Waals surface area contributed by atoms with Gasteiger partial charge in [-0.15, -0.1) is 5.10 Å². The van der Waals surface area contributed by atoms with E-state index in [1.165, 1.54) is 25.2 Å². The van der Waals surface area contributed by atoms with Gasteiger partial charge in [0.2, 0.25) is 15.9 Å². The highest BCUT2D eigenvalue weighted by Gasteiger charge is 2.31. The van der Waals surface area contributed by atoms with E-state index in [1.54, 1.807) is 22.7 Å². The Balaban J connectivity index is 1.86. The van der Waals surface area contributed by atoms with Gasteiger partial charge in [-0.2, -0.15) is 4.31 Å². The second-order valence-electron chi connectivity index (χ2n) is 8.72. The molecule has 0 spiro atoms. The molecule has 34 heavy (non-hydrogen) atoms. The van der Waals surface area contributed by atoms with Crippen molar-refractivity contribution < 1.29 is 27.4 Å². The molecule has 1 amide bonds. The van der Waals surface area contributed by atoms with Gasteiger partial charge in [-0.3, -0.25) is 9.48 Å². The Hall–Kier alpha value is -2.41. The van der Waals surface area contributed by atoms with Crippen LogP contribution in [0.15, 0.2) is 35.4 Å². The van der Waals surface area contributed by atoms with E-state index in [-0.39, 0.29) is 49.4 Å². The molecule has 2 bridgehead atoms. The number of fused-ring (bicyclic) bond motifs is 2. The molecule has 0 unspecified atom stereocenters. The Morgan fingerprint density at radius 2 is 2.15 bits per heavy atom. The van der Waals surface area contributed by atoms with Gasteiger partial charge in [0.05, 0.1) is 36.5 Å². The third kappa shape index (κ3) is 6.38. The van der Waals surface area contributed by atoms with Crippen LogP contribution in [0.5, 0.6) is 0 Å². The standard InChI is InChI=1S/C22H32FN5O5S/c1-16-11-28(17(2)14-29)22(30)8-5-9-27-12-19(24-25-27)15-33-21(16)13-26(3)34(31,32)20-7-4-6-18(23)10-20/h4,6-7,10,12,16-17,21,29H,5,8-9,11,13-15H2,1-3H3/t16-,17-,21+/m0/s1. The molecule has 12 heteroatoms. The van der Waals surface area contributed by atoms with Crippen LogP contribution in [0.3, 0.4) is 0 Å².